The summed E-state index contributed by atoms with van der Waals surface area (Å²) >= 11 is 0. The van der Waals surface area contributed by atoms with Crippen LogP contribution in [-0.2, 0) is 11.3 Å². The molecule has 2 atom stereocenters. The van der Waals surface area contributed by atoms with Crippen molar-refractivity contribution in [2.45, 2.75) is 18.8 Å². The van der Waals surface area contributed by atoms with Gasteiger partial charge in [-0.1, -0.05) is 30.3 Å². The number of alkyl carbamates (subject to hydrolysis) is 1. The molecule has 0 saturated heterocycles. The maximum absolute atomic E-state index is 11.8. The first-order chi connectivity index (χ1) is 13.5. The quantitative estimate of drug-likeness (QED) is 0.600. The molecule has 2 aromatic carbocycles. The van der Waals surface area contributed by atoms with Crippen LogP contribution in [0.2, 0.25) is 0 Å². The molecule has 2 unspecified atom stereocenters. The zero-order chi connectivity index (χ0) is 20.5. The summed E-state index contributed by atoms with van der Waals surface area (Å²) in [6.45, 7) is -0.0936. The fourth-order valence-corrected chi connectivity index (χ4v) is 2.57. The molecule has 0 radical (unpaired) electrons. The lowest BCUT2D eigenvalue weighted by molar-refractivity contribution is 0.0181. The van der Waals surface area contributed by atoms with Crippen molar-refractivity contribution < 1.29 is 34.0 Å². The van der Waals surface area contributed by atoms with Gasteiger partial charge in [0.15, 0.2) is 11.5 Å². The van der Waals surface area contributed by atoms with E-state index in [-0.39, 0.29) is 13.2 Å². The van der Waals surface area contributed by atoms with Crippen LogP contribution in [0.5, 0.6) is 17.2 Å². The summed E-state index contributed by atoms with van der Waals surface area (Å²) in [4.78, 5) is 11.8. The number of amides is 1. The van der Waals surface area contributed by atoms with Crippen molar-refractivity contribution in [3.8, 4) is 17.2 Å². The molecule has 8 heteroatoms. The third kappa shape index (κ3) is 5.51. The SMILES string of the molecule is COc1cc(C(O)C(O)CNC(=O)OCc2ccccc2)cc(OC)c1OC. The van der Waals surface area contributed by atoms with Crippen LogP contribution < -0.4 is 19.5 Å². The number of carbonyl (C=O) groups excluding carboxylic acids is 1. The number of methoxy groups -OCH3 is 3. The molecule has 1 amide bonds. The normalized spacial score (nSPS) is 12.6. The fourth-order valence-electron chi connectivity index (χ4n) is 2.57. The van der Waals surface area contributed by atoms with Gasteiger partial charge >= 0.3 is 6.09 Å². The van der Waals surface area contributed by atoms with Gasteiger partial charge in [-0.25, -0.2) is 4.79 Å². The Bertz CT molecular complexity index is 741. The lowest BCUT2D eigenvalue weighted by Crippen LogP contribution is -2.35. The molecule has 0 aliphatic heterocycles. The lowest BCUT2D eigenvalue weighted by Gasteiger charge is -2.21. The highest BCUT2D eigenvalue weighted by Crippen LogP contribution is 2.40. The Morgan fingerprint density at radius 2 is 1.61 bits per heavy atom. The minimum Gasteiger partial charge on any atom is -0.493 e. The first-order valence-electron chi connectivity index (χ1n) is 8.60. The van der Waals surface area contributed by atoms with Crippen LogP contribution in [0, 0.1) is 0 Å². The molecule has 28 heavy (non-hydrogen) atoms. The van der Waals surface area contributed by atoms with E-state index >= 15 is 0 Å². The second kappa shape index (κ2) is 10.4. The Kier molecular flexibility index (Phi) is 7.91. The highest BCUT2D eigenvalue weighted by molar-refractivity contribution is 5.67. The predicted molar refractivity (Wildman–Crippen MR) is 102 cm³/mol. The Morgan fingerprint density at radius 3 is 2.14 bits per heavy atom. The maximum atomic E-state index is 11.8. The van der Waals surface area contributed by atoms with Crippen molar-refractivity contribution >= 4 is 6.09 Å². The van der Waals surface area contributed by atoms with Crippen LogP contribution in [0.25, 0.3) is 0 Å². The number of aliphatic hydroxyl groups excluding tert-OH is 2. The minimum absolute atomic E-state index is 0.109. The molecule has 0 heterocycles. The van der Waals surface area contributed by atoms with Crippen LogP contribution in [0.4, 0.5) is 4.79 Å². The summed E-state index contributed by atoms with van der Waals surface area (Å²) in [7, 11) is 4.37. The van der Waals surface area contributed by atoms with E-state index in [0.29, 0.717) is 22.8 Å². The molecule has 0 aromatic heterocycles. The van der Waals surface area contributed by atoms with E-state index in [1.54, 1.807) is 0 Å². The summed E-state index contributed by atoms with van der Waals surface area (Å²) in [5.74, 6) is 1.06. The first-order valence-corrected chi connectivity index (χ1v) is 8.60. The maximum Gasteiger partial charge on any atom is 0.407 e. The molecule has 0 spiro atoms. The van der Waals surface area contributed by atoms with Crippen molar-refractivity contribution in [3.05, 3.63) is 53.6 Å². The van der Waals surface area contributed by atoms with Gasteiger partial charge in [-0.05, 0) is 23.3 Å². The Labute approximate surface area is 163 Å². The highest BCUT2D eigenvalue weighted by Gasteiger charge is 2.23. The number of nitrogens with one attached hydrogen (secondary N) is 1. The van der Waals surface area contributed by atoms with E-state index in [0.717, 1.165) is 5.56 Å². The van der Waals surface area contributed by atoms with Gasteiger partial charge in [-0.15, -0.1) is 0 Å². The zero-order valence-electron chi connectivity index (χ0n) is 16.0. The number of rotatable bonds is 9. The number of ether oxygens (including phenoxy) is 4. The van der Waals surface area contributed by atoms with Gasteiger partial charge < -0.3 is 34.5 Å². The number of carbonyl (C=O) groups is 1. The Balaban J connectivity index is 1.94. The smallest absolute Gasteiger partial charge is 0.407 e. The van der Waals surface area contributed by atoms with E-state index in [1.807, 2.05) is 30.3 Å². The van der Waals surface area contributed by atoms with Gasteiger partial charge in [0.25, 0.3) is 0 Å². The van der Waals surface area contributed by atoms with E-state index in [1.165, 1.54) is 33.5 Å². The lowest BCUT2D eigenvalue weighted by atomic mass is 10.0. The van der Waals surface area contributed by atoms with Crippen LogP contribution in [0.1, 0.15) is 17.2 Å². The average Bonchev–Trinajstić information content (AvgIpc) is 2.74. The van der Waals surface area contributed by atoms with Crippen LogP contribution >= 0.6 is 0 Å². The van der Waals surface area contributed by atoms with Crippen molar-refractivity contribution in [1.82, 2.24) is 5.32 Å². The van der Waals surface area contributed by atoms with Gasteiger partial charge in [0.1, 0.15) is 18.8 Å². The molecule has 0 saturated carbocycles. The molecular weight excluding hydrogens is 366 g/mol. The number of aliphatic hydroxyl groups is 2. The standard InChI is InChI=1S/C20H25NO7/c1-25-16-9-14(10-17(26-2)19(16)27-3)18(23)15(22)11-21-20(24)28-12-13-7-5-4-6-8-13/h4-10,15,18,22-23H,11-12H2,1-3H3,(H,21,24). The first kappa shape index (κ1) is 21.3. The van der Waals surface area contributed by atoms with Crippen molar-refractivity contribution in [1.29, 1.82) is 0 Å². The zero-order valence-corrected chi connectivity index (χ0v) is 16.0. The van der Waals surface area contributed by atoms with Gasteiger partial charge in [-0.3, -0.25) is 0 Å². The monoisotopic (exact) mass is 391 g/mol. The van der Waals surface area contributed by atoms with Gasteiger partial charge in [0, 0.05) is 6.54 Å². The van der Waals surface area contributed by atoms with E-state index in [9.17, 15) is 15.0 Å². The molecule has 152 valence electrons. The second-order valence-corrected chi connectivity index (χ2v) is 5.91. The third-order valence-corrected chi connectivity index (χ3v) is 4.06. The summed E-state index contributed by atoms with van der Waals surface area (Å²) in [5, 5.41) is 23.1. The molecule has 0 bridgehead atoms. The highest BCUT2D eigenvalue weighted by atomic mass is 16.5. The second-order valence-electron chi connectivity index (χ2n) is 5.91. The van der Waals surface area contributed by atoms with Crippen molar-refractivity contribution in [2.75, 3.05) is 27.9 Å². The van der Waals surface area contributed by atoms with Gasteiger partial charge in [0.05, 0.1) is 21.3 Å². The average molecular weight is 391 g/mol. The summed E-state index contributed by atoms with van der Waals surface area (Å²) < 4.78 is 20.8. The summed E-state index contributed by atoms with van der Waals surface area (Å²) in [5.41, 5.74) is 1.19. The summed E-state index contributed by atoms with van der Waals surface area (Å²) in [6, 6.07) is 12.3. The van der Waals surface area contributed by atoms with Crippen LogP contribution in [0.3, 0.4) is 0 Å². The third-order valence-electron chi connectivity index (χ3n) is 4.06. The summed E-state index contributed by atoms with van der Waals surface area (Å²) in [6.07, 6.45) is -3.25. The van der Waals surface area contributed by atoms with Crippen LogP contribution in [0.15, 0.2) is 42.5 Å². The van der Waals surface area contributed by atoms with Crippen LogP contribution in [-0.4, -0.2) is 50.3 Å². The van der Waals surface area contributed by atoms with E-state index < -0.39 is 18.3 Å². The fraction of sp³-hybridized carbons (Fsp3) is 0.350. The molecule has 0 aliphatic carbocycles. The minimum atomic E-state index is -1.29. The molecule has 2 aromatic rings. The Hall–Kier alpha value is -2.97. The number of benzene rings is 2. The van der Waals surface area contributed by atoms with E-state index in [2.05, 4.69) is 5.32 Å². The largest absolute Gasteiger partial charge is 0.493 e. The molecule has 2 rings (SSSR count). The van der Waals surface area contributed by atoms with Gasteiger partial charge in [0.2, 0.25) is 5.75 Å². The topological polar surface area (TPSA) is 106 Å². The molecule has 0 fully saturated rings. The predicted octanol–water partition coefficient (Wildman–Crippen LogP) is 2.03. The molecule has 0 aliphatic rings. The number of hydrogen-bond donors (Lipinski definition) is 3. The Morgan fingerprint density at radius 1 is 1.00 bits per heavy atom. The molecule has 3 N–H and O–H groups in total. The molecule has 8 nitrogen and oxygen atoms in total. The number of hydrogen-bond acceptors (Lipinski definition) is 7. The van der Waals surface area contributed by atoms with E-state index in [4.69, 9.17) is 18.9 Å². The van der Waals surface area contributed by atoms with Crippen molar-refractivity contribution in [3.63, 3.8) is 0 Å². The van der Waals surface area contributed by atoms with Gasteiger partial charge in [-0.2, -0.15) is 0 Å². The van der Waals surface area contributed by atoms with Crippen molar-refractivity contribution in [2.24, 2.45) is 0 Å². The molecular formula is C20H25NO7.